The number of aryl methyl sites for hydroxylation is 1. The van der Waals surface area contributed by atoms with E-state index in [1.807, 2.05) is 24.3 Å². The zero-order valence-corrected chi connectivity index (χ0v) is 16.9. The highest BCUT2D eigenvalue weighted by atomic mass is 19.1. The highest BCUT2D eigenvalue weighted by Crippen LogP contribution is 2.27. The van der Waals surface area contributed by atoms with E-state index < -0.39 is 0 Å². The van der Waals surface area contributed by atoms with Crippen LogP contribution in [0.15, 0.2) is 78.9 Å². The van der Waals surface area contributed by atoms with Crippen molar-refractivity contribution in [1.82, 2.24) is 0 Å². The molecule has 0 spiro atoms. The van der Waals surface area contributed by atoms with E-state index in [-0.39, 0.29) is 5.83 Å². The molecule has 0 unspecified atom stereocenters. The van der Waals surface area contributed by atoms with Crippen molar-refractivity contribution in [3.05, 3.63) is 90.0 Å². The van der Waals surface area contributed by atoms with Crippen molar-refractivity contribution in [3.63, 3.8) is 0 Å². The molecule has 1 heteroatoms. The zero-order valence-electron chi connectivity index (χ0n) is 16.9. The lowest BCUT2D eigenvalue weighted by Gasteiger charge is -2.07. The van der Waals surface area contributed by atoms with Crippen LogP contribution in [-0.2, 0) is 6.42 Å². The van der Waals surface area contributed by atoms with Gasteiger partial charge in [-0.05, 0) is 53.2 Å². The van der Waals surface area contributed by atoms with Gasteiger partial charge < -0.3 is 0 Å². The lowest BCUT2D eigenvalue weighted by molar-refractivity contribution is 0.741. The Morgan fingerprint density at radius 1 is 0.679 bits per heavy atom. The summed E-state index contributed by atoms with van der Waals surface area (Å²) in [4.78, 5) is 0. The van der Waals surface area contributed by atoms with Crippen molar-refractivity contribution in [2.75, 3.05) is 0 Å². The smallest absolute Gasteiger partial charge is 0.126 e. The van der Waals surface area contributed by atoms with E-state index in [2.05, 4.69) is 62.4 Å². The Balaban J connectivity index is 1.71. The quantitative estimate of drug-likeness (QED) is 0.348. The summed E-state index contributed by atoms with van der Waals surface area (Å²) in [5.41, 5.74) is 6.75. The fourth-order valence-electron chi connectivity index (χ4n) is 3.38. The van der Waals surface area contributed by atoms with Crippen molar-refractivity contribution in [1.29, 1.82) is 0 Å². The van der Waals surface area contributed by atoms with Crippen molar-refractivity contribution in [2.24, 2.45) is 0 Å². The lowest BCUT2D eigenvalue weighted by Crippen LogP contribution is -1.85. The highest BCUT2D eigenvalue weighted by molar-refractivity contribution is 5.72. The number of benzene rings is 3. The van der Waals surface area contributed by atoms with Gasteiger partial charge in [-0.2, -0.15) is 0 Å². The van der Waals surface area contributed by atoms with Crippen LogP contribution in [0.5, 0.6) is 0 Å². The maximum absolute atomic E-state index is 14.2. The predicted octanol–water partition coefficient (Wildman–Crippen LogP) is 8.47. The molecule has 28 heavy (non-hydrogen) atoms. The first-order chi connectivity index (χ1) is 13.7. The molecule has 0 amide bonds. The Morgan fingerprint density at radius 2 is 1.14 bits per heavy atom. The van der Waals surface area contributed by atoms with Gasteiger partial charge in [0.25, 0.3) is 0 Å². The molecule has 3 aromatic carbocycles. The van der Waals surface area contributed by atoms with Crippen LogP contribution < -0.4 is 0 Å². The van der Waals surface area contributed by atoms with Crippen LogP contribution in [-0.4, -0.2) is 0 Å². The number of halogens is 1. The number of hydrogen-bond acceptors (Lipinski definition) is 0. The summed E-state index contributed by atoms with van der Waals surface area (Å²) in [5.74, 6) is -0.123. The van der Waals surface area contributed by atoms with Gasteiger partial charge in [0.15, 0.2) is 0 Å². The normalized spacial score (nSPS) is 11.6. The molecular weight excluding hydrogens is 343 g/mol. The Kier molecular flexibility index (Phi) is 7.19. The standard InChI is InChI=1S/C27H29F/c1-3-5-6-8-27(28)26-19-17-25(18-20-26)24-15-13-23(14-16-24)22-11-9-21(7-4-2)10-12-22/h8-20H,3-7H2,1-2H3. The van der Waals surface area contributed by atoms with Crippen LogP contribution in [0.25, 0.3) is 28.1 Å². The fourth-order valence-corrected chi connectivity index (χ4v) is 3.38. The molecule has 0 N–H and O–H groups in total. The molecule has 0 heterocycles. The van der Waals surface area contributed by atoms with E-state index >= 15 is 0 Å². The second-order valence-electron chi connectivity index (χ2n) is 7.30. The summed E-state index contributed by atoms with van der Waals surface area (Å²) in [5, 5.41) is 0. The Hall–Kier alpha value is -2.67. The van der Waals surface area contributed by atoms with Crippen LogP contribution in [0.3, 0.4) is 0 Å². The highest BCUT2D eigenvalue weighted by Gasteiger charge is 2.03. The van der Waals surface area contributed by atoms with E-state index in [1.54, 1.807) is 6.08 Å². The van der Waals surface area contributed by atoms with E-state index in [0.717, 1.165) is 36.8 Å². The van der Waals surface area contributed by atoms with E-state index in [9.17, 15) is 4.39 Å². The summed E-state index contributed by atoms with van der Waals surface area (Å²) >= 11 is 0. The fraction of sp³-hybridized carbons (Fsp3) is 0.259. The molecule has 0 saturated carbocycles. The maximum Gasteiger partial charge on any atom is 0.126 e. The predicted molar refractivity (Wildman–Crippen MR) is 120 cm³/mol. The molecule has 0 fully saturated rings. The van der Waals surface area contributed by atoms with Crippen molar-refractivity contribution < 1.29 is 4.39 Å². The van der Waals surface area contributed by atoms with Crippen LogP contribution >= 0.6 is 0 Å². The second kappa shape index (κ2) is 10.0. The minimum atomic E-state index is -0.123. The summed E-state index contributed by atoms with van der Waals surface area (Å²) in [6.45, 7) is 4.32. The molecule has 144 valence electrons. The maximum atomic E-state index is 14.2. The van der Waals surface area contributed by atoms with Gasteiger partial charge in [0.2, 0.25) is 0 Å². The first-order valence-electron chi connectivity index (χ1n) is 10.4. The van der Waals surface area contributed by atoms with Crippen LogP contribution in [0.1, 0.15) is 50.7 Å². The van der Waals surface area contributed by atoms with Gasteiger partial charge in [0.05, 0.1) is 0 Å². The van der Waals surface area contributed by atoms with Crippen LogP contribution in [0.2, 0.25) is 0 Å². The first kappa shape index (κ1) is 20.1. The molecule has 0 aliphatic heterocycles. The first-order valence-corrected chi connectivity index (χ1v) is 10.4. The van der Waals surface area contributed by atoms with E-state index in [4.69, 9.17) is 0 Å². The summed E-state index contributed by atoms with van der Waals surface area (Å²) < 4.78 is 14.2. The van der Waals surface area contributed by atoms with Gasteiger partial charge in [-0.3, -0.25) is 0 Å². The summed E-state index contributed by atoms with van der Waals surface area (Å²) in [7, 11) is 0. The molecule has 0 saturated heterocycles. The zero-order chi connectivity index (χ0) is 19.8. The minimum absolute atomic E-state index is 0.123. The van der Waals surface area contributed by atoms with Gasteiger partial charge in [0, 0.05) is 5.56 Å². The molecule has 0 aliphatic rings. The number of allylic oxidation sites excluding steroid dienone is 1. The molecule has 0 aromatic heterocycles. The molecule has 0 radical (unpaired) electrons. The van der Waals surface area contributed by atoms with Crippen molar-refractivity contribution >= 4 is 5.83 Å². The average molecular weight is 373 g/mol. The third kappa shape index (κ3) is 5.19. The van der Waals surface area contributed by atoms with E-state index in [0.29, 0.717) is 5.56 Å². The number of unbranched alkanes of at least 4 members (excludes halogenated alkanes) is 2. The topological polar surface area (TPSA) is 0 Å². The van der Waals surface area contributed by atoms with Crippen LogP contribution in [0.4, 0.5) is 4.39 Å². The second-order valence-corrected chi connectivity index (χ2v) is 7.30. The van der Waals surface area contributed by atoms with Gasteiger partial charge in [-0.1, -0.05) is 99.5 Å². The van der Waals surface area contributed by atoms with Gasteiger partial charge >= 0.3 is 0 Å². The SMILES string of the molecule is CCCCC=C(F)c1ccc(-c2ccc(-c3ccc(CCC)cc3)cc2)cc1. The molecule has 0 nitrogen and oxygen atoms in total. The molecule has 0 bridgehead atoms. The number of rotatable bonds is 8. The monoisotopic (exact) mass is 372 g/mol. The molecular formula is C27H29F. The summed E-state index contributed by atoms with van der Waals surface area (Å²) in [6.07, 6.45) is 6.90. The van der Waals surface area contributed by atoms with E-state index in [1.165, 1.54) is 23.1 Å². The average Bonchev–Trinajstić information content (AvgIpc) is 2.75. The minimum Gasteiger partial charge on any atom is -0.207 e. The Labute approximate surface area is 168 Å². The molecule has 0 atom stereocenters. The molecule has 3 rings (SSSR count). The van der Waals surface area contributed by atoms with Crippen molar-refractivity contribution in [2.45, 2.75) is 46.0 Å². The third-order valence-electron chi connectivity index (χ3n) is 5.09. The van der Waals surface area contributed by atoms with Gasteiger partial charge in [0.1, 0.15) is 5.83 Å². The Bertz CT molecular complexity index is 885. The number of hydrogen-bond donors (Lipinski definition) is 0. The van der Waals surface area contributed by atoms with Gasteiger partial charge in [-0.25, -0.2) is 4.39 Å². The summed E-state index contributed by atoms with van der Waals surface area (Å²) in [6, 6.07) is 25.1. The Morgan fingerprint density at radius 3 is 1.61 bits per heavy atom. The lowest BCUT2D eigenvalue weighted by atomic mass is 9.98. The largest absolute Gasteiger partial charge is 0.207 e. The van der Waals surface area contributed by atoms with Gasteiger partial charge in [-0.15, -0.1) is 0 Å². The molecule has 3 aromatic rings. The molecule has 0 aliphatic carbocycles. The van der Waals surface area contributed by atoms with Crippen molar-refractivity contribution in [3.8, 4) is 22.3 Å². The third-order valence-corrected chi connectivity index (χ3v) is 5.09. The van der Waals surface area contributed by atoms with Crippen LogP contribution in [0, 0.1) is 0 Å².